The molecule has 0 aromatic heterocycles. The van der Waals surface area contributed by atoms with E-state index < -0.39 is 0 Å². The summed E-state index contributed by atoms with van der Waals surface area (Å²) in [6.45, 7) is 9.97. The van der Waals surface area contributed by atoms with E-state index in [-0.39, 0.29) is 5.54 Å². The van der Waals surface area contributed by atoms with Crippen LogP contribution in [0.25, 0.3) is 0 Å². The zero-order valence-corrected chi connectivity index (χ0v) is 14.9. The summed E-state index contributed by atoms with van der Waals surface area (Å²) in [5, 5.41) is 4.54. The average molecular weight is 360 g/mol. The topological polar surface area (TPSA) is 15.3 Å². The standard InChI is InChI=1S/C16H24BrClN2/c1-4-16(3)11-20(12(2)7-8-19-16)10-13-5-6-14(17)9-15(13)18/h5-6,9,12,19H,4,7-8,10-11H2,1-3H3. The molecule has 2 atom stereocenters. The monoisotopic (exact) mass is 358 g/mol. The third kappa shape index (κ3) is 3.97. The van der Waals surface area contributed by atoms with Gasteiger partial charge in [-0.15, -0.1) is 0 Å². The normalized spacial score (nSPS) is 28.4. The molecule has 1 aromatic carbocycles. The Hall–Kier alpha value is -0.0900. The molecule has 1 aliphatic heterocycles. The Morgan fingerprint density at radius 3 is 2.90 bits per heavy atom. The van der Waals surface area contributed by atoms with Crippen molar-refractivity contribution in [3.8, 4) is 0 Å². The largest absolute Gasteiger partial charge is 0.310 e. The Kier molecular flexibility index (Phi) is 5.52. The molecule has 0 bridgehead atoms. The fourth-order valence-electron chi connectivity index (χ4n) is 2.74. The van der Waals surface area contributed by atoms with Crippen LogP contribution in [0, 0.1) is 0 Å². The summed E-state index contributed by atoms with van der Waals surface area (Å²) in [6, 6.07) is 6.76. The second-order valence-electron chi connectivity index (χ2n) is 6.12. The highest BCUT2D eigenvalue weighted by Gasteiger charge is 2.30. The molecule has 0 saturated carbocycles. The highest BCUT2D eigenvalue weighted by Crippen LogP contribution is 2.26. The minimum atomic E-state index is 0.201. The lowest BCUT2D eigenvalue weighted by atomic mass is 9.98. The number of benzene rings is 1. The first-order valence-electron chi connectivity index (χ1n) is 7.36. The molecule has 2 nitrogen and oxygen atoms in total. The molecule has 0 spiro atoms. The summed E-state index contributed by atoms with van der Waals surface area (Å²) in [5.74, 6) is 0. The first-order valence-corrected chi connectivity index (χ1v) is 8.53. The Morgan fingerprint density at radius 2 is 2.25 bits per heavy atom. The van der Waals surface area contributed by atoms with Crippen molar-refractivity contribution in [2.24, 2.45) is 0 Å². The molecular weight excluding hydrogens is 336 g/mol. The molecule has 1 aromatic rings. The van der Waals surface area contributed by atoms with Gasteiger partial charge < -0.3 is 5.32 Å². The first-order chi connectivity index (χ1) is 9.43. The van der Waals surface area contributed by atoms with E-state index in [1.807, 2.05) is 6.07 Å². The molecule has 1 N–H and O–H groups in total. The van der Waals surface area contributed by atoms with Gasteiger partial charge in [-0.3, -0.25) is 4.90 Å². The van der Waals surface area contributed by atoms with E-state index in [1.54, 1.807) is 0 Å². The van der Waals surface area contributed by atoms with Crippen molar-refractivity contribution in [2.45, 2.75) is 51.7 Å². The van der Waals surface area contributed by atoms with Crippen molar-refractivity contribution in [2.75, 3.05) is 13.1 Å². The summed E-state index contributed by atoms with van der Waals surface area (Å²) in [4.78, 5) is 2.55. The smallest absolute Gasteiger partial charge is 0.0462 e. The number of hydrogen-bond donors (Lipinski definition) is 1. The van der Waals surface area contributed by atoms with Gasteiger partial charge in [0.2, 0.25) is 0 Å². The third-order valence-corrected chi connectivity index (χ3v) is 5.30. The van der Waals surface area contributed by atoms with Gasteiger partial charge in [0.15, 0.2) is 0 Å². The number of rotatable bonds is 3. The molecule has 20 heavy (non-hydrogen) atoms. The van der Waals surface area contributed by atoms with Crippen molar-refractivity contribution < 1.29 is 0 Å². The molecule has 112 valence electrons. The van der Waals surface area contributed by atoms with Crippen molar-refractivity contribution >= 4 is 27.5 Å². The van der Waals surface area contributed by atoms with Gasteiger partial charge in [0.25, 0.3) is 0 Å². The zero-order chi connectivity index (χ0) is 14.8. The molecule has 1 aliphatic rings. The molecule has 2 rings (SSSR count). The van der Waals surface area contributed by atoms with Crippen LogP contribution in [0.15, 0.2) is 22.7 Å². The van der Waals surface area contributed by atoms with Gasteiger partial charge in [-0.1, -0.05) is 40.5 Å². The van der Waals surface area contributed by atoms with Gasteiger partial charge in [-0.2, -0.15) is 0 Å². The Morgan fingerprint density at radius 1 is 1.50 bits per heavy atom. The third-order valence-electron chi connectivity index (χ3n) is 4.46. The molecule has 1 saturated heterocycles. The van der Waals surface area contributed by atoms with E-state index in [1.165, 1.54) is 12.0 Å². The number of nitrogens with one attached hydrogen (secondary N) is 1. The lowest BCUT2D eigenvalue weighted by Gasteiger charge is -2.35. The fraction of sp³-hybridized carbons (Fsp3) is 0.625. The molecule has 4 heteroatoms. The Bertz CT molecular complexity index is 466. The summed E-state index contributed by atoms with van der Waals surface area (Å²) >= 11 is 9.84. The highest BCUT2D eigenvalue weighted by molar-refractivity contribution is 9.10. The summed E-state index contributed by atoms with van der Waals surface area (Å²) in [7, 11) is 0. The maximum atomic E-state index is 6.37. The number of hydrogen-bond acceptors (Lipinski definition) is 2. The van der Waals surface area contributed by atoms with Crippen LogP contribution in [0.5, 0.6) is 0 Å². The van der Waals surface area contributed by atoms with Crippen molar-refractivity contribution in [3.63, 3.8) is 0 Å². The number of nitrogens with zero attached hydrogens (tertiary/aromatic N) is 1. The van der Waals surface area contributed by atoms with E-state index >= 15 is 0 Å². The van der Waals surface area contributed by atoms with E-state index in [9.17, 15) is 0 Å². The van der Waals surface area contributed by atoms with Crippen molar-refractivity contribution in [1.82, 2.24) is 10.2 Å². The first kappa shape index (κ1) is 16.3. The quantitative estimate of drug-likeness (QED) is 0.857. The average Bonchev–Trinajstić information content (AvgIpc) is 2.54. The van der Waals surface area contributed by atoms with Crippen LogP contribution in [0.4, 0.5) is 0 Å². The number of halogens is 2. The van der Waals surface area contributed by atoms with E-state index in [2.05, 4.69) is 59.1 Å². The molecular formula is C16H24BrClN2. The van der Waals surface area contributed by atoms with E-state index in [0.29, 0.717) is 6.04 Å². The van der Waals surface area contributed by atoms with Crippen LogP contribution in [0.3, 0.4) is 0 Å². The summed E-state index contributed by atoms with van der Waals surface area (Å²) < 4.78 is 1.04. The Balaban J connectivity index is 2.16. The Labute approximate surface area is 136 Å². The minimum absolute atomic E-state index is 0.201. The van der Waals surface area contributed by atoms with Crippen LogP contribution in [0.1, 0.15) is 39.2 Å². The molecule has 0 amide bonds. The maximum absolute atomic E-state index is 6.37. The van der Waals surface area contributed by atoms with Gasteiger partial charge in [0.05, 0.1) is 0 Å². The summed E-state index contributed by atoms with van der Waals surface area (Å²) in [5.41, 5.74) is 1.41. The van der Waals surface area contributed by atoms with Gasteiger partial charge in [0.1, 0.15) is 0 Å². The summed E-state index contributed by atoms with van der Waals surface area (Å²) in [6.07, 6.45) is 2.33. The minimum Gasteiger partial charge on any atom is -0.310 e. The van der Waals surface area contributed by atoms with Crippen molar-refractivity contribution in [3.05, 3.63) is 33.3 Å². The van der Waals surface area contributed by atoms with Crippen molar-refractivity contribution in [1.29, 1.82) is 0 Å². The van der Waals surface area contributed by atoms with Gasteiger partial charge >= 0.3 is 0 Å². The molecule has 0 aliphatic carbocycles. The SMILES string of the molecule is CCC1(C)CN(Cc2ccc(Br)cc2Cl)C(C)CCN1. The van der Waals surface area contributed by atoms with Crippen LogP contribution in [-0.2, 0) is 6.54 Å². The predicted octanol–water partition coefficient (Wildman–Crippen LogP) is 4.46. The molecule has 0 radical (unpaired) electrons. The van der Waals surface area contributed by atoms with Crippen LogP contribution in [-0.4, -0.2) is 29.6 Å². The van der Waals surface area contributed by atoms with Gasteiger partial charge in [0, 0.05) is 34.2 Å². The second kappa shape index (κ2) is 6.78. The van der Waals surface area contributed by atoms with Gasteiger partial charge in [-0.25, -0.2) is 0 Å². The van der Waals surface area contributed by atoms with Gasteiger partial charge in [-0.05, 0) is 50.9 Å². The molecule has 2 unspecified atom stereocenters. The van der Waals surface area contributed by atoms with E-state index in [0.717, 1.165) is 35.6 Å². The van der Waals surface area contributed by atoms with Crippen LogP contribution in [0.2, 0.25) is 5.02 Å². The second-order valence-corrected chi connectivity index (χ2v) is 7.44. The molecule has 1 heterocycles. The van der Waals surface area contributed by atoms with E-state index in [4.69, 9.17) is 11.6 Å². The fourth-order valence-corrected chi connectivity index (χ4v) is 3.48. The van der Waals surface area contributed by atoms with Crippen LogP contribution >= 0.6 is 27.5 Å². The lowest BCUT2D eigenvalue weighted by molar-refractivity contribution is 0.163. The lowest BCUT2D eigenvalue weighted by Crippen LogP contribution is -2.49. The zero-order valence-electron chi connectivity index (χ0n) is 12.5. The predicted molar refractivity (Wildman–Crippen MR) is 90.3 cm³/mol. The highest BCUT2D eigenvalue weighted by atomic mass is 79.9. The van der Waals surface area contributed by atoms with Crippen LogP contribution < -0.4 is 5.32 Å². The maximum Gasteiger partial charge on any atom is 0.0462 e. The molecule has 1 fully saturated rings.